The first-order valence-corrected chi connectivity index (χ1v) is 11.7. The minimum atomic E-state index is -5.16. The SMILES string of the molecule is CC(C)n1ncnc1C1=CN2CCOc3cc(C4CCNCC4)ccc3C2N1OC(=O)C(F)(F)F. The summed E-state index contributed by atoms with van der Waals surface area (Å²) in [5, 5.41) is 8.52. The number of hydrogen-bond donors (Lipinski definition) is 1. The monoisotopic (exact) mass is 492 g/mol. The predicted octanol–water partition coefficient (Wildman–Crippen LogP) is 3.35. The lowest BCUT2D eigenvalue weighted by Crippen LogP contribution is -2.38. The third-order valence-corrected chi connectivity index (χ3v) is 6.50. The lowest BCUT2D eigenvalue weighted by Gasteiger charge is -2.32. The highest BCUT2D eigenvalue weighted by molar-refractivity contribution is 5.76. The Bertz CT molecular complexity index is 1130. The quantitative estimate of drug-likeness (QED) is 0.696. The van der Waals surface area contributed by atoms with Gasteiger partial charge in [0, 0.05) is 17.8 Å². The Morgan fingerprint density at radius 1 is 1.26 bits per heavy atom. The summed E-state index contributed by atoms with van der Waals surface area (Å²) in [6.45, 7) is 6.32. The number of piperidine rings is 1. The van der Waals surface area contributed by atoms with Crippen LogP contribution >= 0.6 is 0 Å². The first-order chi connectivity index (χ1) is 16.7. The minimum absolute atomic E-state index is 0.114. The molecule has 1 fully saturated rings. The normalized spacial score (nSPS) is 20.7. The second kappa shape index (κ2) is 9.06. The van der Waals surface area contributed by atoms with Crippen molar-refractivity contribution in [1.29, 1.82) is 0 Å². The standard InChI is InChI=1S/C23H27F3N6O3/c1-14(2)31-20(28-13-29-31)18-12-30-9-10-34-19-11-16(15-5-7-27-8-6-15)3-4-17(19)21(30)32(18)35-22(33)23(24,25)26/h3-4,11-15,21,27H,5-10H2,1-2H3. The van der Waals surface area contributed by atoms with Gasteiger partial charge in [0.05, 0.1) is 6.54 Å². The van der Waals surface area contributed by atoms with Gasteiger partial charge in [0.25, 0.3) is 0 Å². The zero-order valence-corrected chi connectivity index (χ0v) is 19.5. The van der Waals surface area contributed by atoms with Crippen LogP contribution < -0.4 is 10.1 Å². The van der Waals surface area contributed by atoms with Crippen LogP contribution in [0, 0.1) is 0 Å². The van der Waals surface area contributed by atoms with Gasteiger partial charge < -0.3 is 19.8 Å². The second-order valence-corrected chi connectivity index (χ2v) is 9.12. The van der Waals surface area contributed by atoms with Gasteiger partial charge in [0.2, 0.25) is 0 Å². The van der Waals surface area contributed by atoms with Crippen LogP contribution in [0.15, 0.2) is 30.7 Å². The van der Waals surface area contributed by atoms with Crippen molar-refractivity contribution in [2.75, 3.05) is 26.2 Å². The first kappa shape index (κ1) is 23.5. The minimum Gasteiger partial charge on any atom is -0.491 e. The van der Waals surface area contributed by atoms with E-state index in [-0.39, 0.29) is 11.7 Å². The number of fused-ring (bicyclic) bond motifs is 3. The van der Waals surface area contributed by atoms with Crippen molar-refractivity contribution in [3.63, 3.8) is 0 Å². The molecule has 0 radical (unpaired) electrons. The van der Waals surface area contributed by atoms with Crippen LogP contribution in [-0.2, 0) is 9.63 Å². The summed E-state index contributed by atoms with van der Waals surface area (Å²) in [4.78, 5) is 23.0. The van der Waals surface area contributed by atoms with Gasteiger partial charge in [-0.2, -0.15) is 23.3 Å². The Balaban J connectivity index is 1.55. The molecule has 1 atom stereocenters. The fraction of sp³-hybridized carbons (Fsp3) is 0.522. The average Bonchev–Trinajstić information content (AvgIpc) is 3.40. The smallest absolute Gasteiger partial charge is 0.491 e. The van der Waals surface area contributed by atoms with E-state index in [0.717, 1.165) is 36.6 Å². The number of nitrogens with one attached hydrogen (secondary N) is 1. The topological polar surface area (TPSA) is 84.8 Å². The molecule has 0 aliphatic carbocycles. The molecule has 1 N–H and O–H groups in total. The Hall–Kier alpha value is -3.28. The van der Waals surface area contributed by atoms with Gasteiger partial charge in [-0.1, -0.05) is 12.1 Å². The van der Waals surface area contributed by atoms with Crippen molar-refractivity contribution in [2.24, 2.45) is 0 Å². The highest BCUT2D eigenvalue weighted by Crippen LogP contribution is 2.45. The van der Waals surface area contributed by atoms with Gasteiger partial charge >= 0.3 is 12.1 Å². The summed E-state index contributed by atoms with van der Waals surface area (Å²) >= 11 is 0. The lowest BCUT2D eigenvalue weighted by molar-refractivity contribution is -0.237. The van der Waals surface area contributed by atoms with E-state index in [4.69, 9.17) is 9.57 Å². The van der Waals surface area contributed by atoms with Crippen molar-refractivity contribution in [2.45, 2.75) is 51.0 Å². The molecule has 1 saturated heterocycles. The fourth-order valence-electron chi connectivity index (χ4n) is 4.81. The number of rotatable bonds is 4. The highest BCUT2D eigenvalue weighted by Gasteiger charge is 2.48. The maximum absolute atomic E-state index is 13.2. The molecule has 5 rings (SSSR count). The van der Waals surface area contributed by atoms with E-state index < -0.39 is 18.3 Å². The summed E-state index contributed by atoms with van der Waals surface area (Å²) in [6, 6.07) is 5.69. The van der Waals surface area contributed by atoms with E-state index in [1.54, 1.807) is 15.8 Å². The molecular weight excluding hydrogens is 465 g/mol. The Labute approximate surface area is 200 Å². The molecule has 3 aliphatic rings. The van der Waals surface area contributed by atoms with Crippen LogP contribution in [-0.4, -0.2) is 63.1 Å². The number of carbonyl (C=O) groups excluding carboxylic acids is 1. The van der Waals surface area contributed by atoms with E-state index >= 15 is 0 Å². The number of nitrogens with zero attached hydrogens (tertiary/aromatic N) is 5. The lowest BCUT2D eigenvalue weighted by atomic mass is 9.89. The Morgan fingerprint density at radius 2 is 2.03 bits per heavy atom. The number of halogens is 3. The molecule has 3 aliphatic heterocycles. The van der Waals surface area contributed by atoms with Crippen LogP contribution in [0.2, 0.25) is 0 Å². The first-order valence-electron chi connectivity index (χ1n) is 11.7. The van der Waals surface area contributed by atoms with Crippen molar-refractivity contribution < 1.29 is 27.5 Å². The Kier molecular flexibility index (Phi) is 6.07. The van der Waals surface area contributed by atoms with E-state index in [2.05, 4.69) is 15.4 Å². The van der Waals surface area contributed by atoms with Crippen LogP contribution in [0.1, 0.15) is 61.8 Å². The molecule has 2 aromatic rings. The third kappa shape index (κ3) is 4.42. The number of hydrogen-bond acceptors (Lipinski definition) is 8. The maximum atomic E-state index is 13.2. The molecule has 0 amide bonds. The van der Waals surface area contributed by atoms with Crippen LogP contribution in [0.5, 0.6) is 5.75 Å². The largest absolute Gasteiger partial charge is 0.493 e. The summed E-state index contributed by atoms with van der Waals surface area (Å²) in [5.74, 6) is -1.05. The van der Waals surface area contributed by atoms with Crippen molar-refractivity contribution >= 4 is 11.7 Å². The van der Waals surface area contributed by atoms with Gasteiger partial charge in [-0.3, -0.25) is 0 Å². The molecule has 1 unspecified atom stereocenters. The molecule has 35 heavy (non-hydrogen) atoms. The van der Waals surface area contributed by atoms with Crippen molar-refractivity contribution in [3.8, 4) is 5.75 Å². The summed E-state index contributed by atoms with van der Waals surface area (Å²) in [6.07, 6.45) is -1.02. The Morgan fingerprint density at radius 3 is 2.74 bits per heavy atom. The molecule has 9 nitrogen and oxygen atoms in total. The van der Waals surface area contributed by atoms with Gasteiger partial charge in [-0.15, -0.1) is 0 Å². The van der Waals surface area contributed by atoms with Crippen LogP contribution in [0.3, 0.4) is 0 Å². The van der Waals surface area contributed by atoms with Crippen molar-refractivity contribution in [3.05, 3.63) is 47.7 Å². The molecule has 12 heteroatoms. The number of ether oxygens (including phenoxy) is 1. The number of aromatic nitrogens is 3. The molecule has 0 saturated carbocycles. The number of carbonyl (C=O) groups is 1. The zero-order chi connectivity index (χ0) is 24.7. The number of alkyl halides is 3. The second-order valence-electron chi connectivity index (χ2n) is 9.12. The fourth-order valence-corrected chi connectivity index (χ4v) is 4.81. The average molecular weight is 493 g/mol. The van der Waals surface area contributed by atoms with Crippen molar-refractivity contribution in [1.82, 2.24) is 30.0 Å². The molecule has 0 spiro atoms. The molecule has 1 aromatic carbocycles. The third-order valence-electron chi connectivity index (χ3n) is 6.50. The molecular formula is C23H27F3N6O3. The van der Waals surface area contributed by atoms with Gasteiger partial charge in [0.1, 0.15) is 24.4 Å². The van der Waals surface area contributed by atoms with E-state index in [9.17, 15) is 18.0 Å². The predicted molar refractivity (Wildman–Crippen MR) is 119 cm³/mol. The summed E-state index contributed by atoms with van der Waals surface area (Å²) in [7, 11) is 0. The van der Waals surface area contributed by atoms with E-state index in [1.807, 2.05) is 32.0 Å². The summed E-state index contributed by atoms with van der Waals surface area (Å²) in [5.41, 5.74) is 1.95. The van der Waals surface area contributed by atoms with Gasteiger partial charge in [0.15, 0.2) is 12.0 Å². The molecule has 1 aromatic heterocycles. The molecule has 188 valence electrons. The number of benzene rings is 1. The molecule has 0 bridgehead atoms. The summed E-state index contributed by atoms with van der Waals surface area (Å²) < 4.78 is 47.3. The van der Waals surface area contributed by atoms with Crippen LogP contribution in [0.4, 0.5) is 13.2 Å². The maximum Gasteiger partial charge on any atom is 0.493 e. The zero-order valence-electron chi connectivity index (χ0n) is 19.5. The van der Waals surface area contributed by atoms with Crippen LogP contribution in [0.25, 0.3) is 5.70 Å². The van der Waals surface area contributed by atoms with Gasteiger partial charge in [-0.25, -0.2) is 14.5 Å². The van der Waals surface area contributed by atoms with Gasteiger partial charge in [-0.05, 0) is 57.3 Å². The van der Waals surface area contributed by atoms with E-state index in [1.165, 1.54) is 6.33 Å². The number of hydroxylamine groups is 2. The molecule has 4 heterocycles. The van der Waals surface area contributed by atoms with E-state index in [0.29, 0.717) is 36.2 Å². The highest BCUT2D eigenvalue weighted by atomic mass is 19.4.